The summed E-state index contributed by atoms with van der Waals surface area (Å²) < 4.78 is 40.8. The first-order chi connectivity index (χ1) is 14.2. The number of nitrogens with zero attached hydrogens (tertiary/aromatic N) is 1. The summed E-state index contributed by atoms with van der Waals surface area (Å²) in [4.78, 5) is 12.9. The summed E-state index contributed by atoms with van der Waals surface area (Å²) >= 11 is 0. The van der Waals surface area contributed by atoms with Gasteiger partial charge in [0.05, 0.1) is 4.90 Å². The number of amides is 1. The number of benzene rings is 2. The highest BCUT2D eigenvalue weighted by Gasteiger charge is 2.33. The number of hydrogen-bond donors (Lipinski definition) is 1. The Labute approximate surface area is 178 Å². The van der Waals surface area contributed by atoms with Crippen LogP contribution in [0, 0.1) is 32.5 Å². The lowest BCUT2D eigenvalue weighted by Crippen LogP contribution is -2.43. The van der Waals surface area contributed by atoms with Crippen molar-refractivity contribution in [3.05, 3.63) is 64.5 Å². The standard InChI is InChI=1S/C23H29FN2O3S/c1-16-14-17(2)22(18(3)15-16)30(28,29)26-12-9-20(10-13-26)23(27)25-11-8-19-4-6-21(24)7-5-19/h4-7,14-15,20H,8-13H2,1-3H3,(H,25,27). The van der Waals surface area contributed by atoms with Crippen molar-refractivity contribution >= 4 is 15.9 Å². The van der Waals surface area contributed by atoms with E-state index < -0.39 is 10.0 Å². The number of halogens is 1. The SMILES string of the molecule is Cc1cc(C)c(S(=O)(=O)N2CCC(C(=O)NCCc3ccc(F)cc3)CC2)c(C)c1. The number of hydrogen-bond acceptors (Lipinski definition) is 3. The zero-order valence-corrected chi connectivity index (χ0v) is 18.6. The first-order valence-corrected chi connectivity index (χ1v) is 11.7. The number of nitrogens with one attached hydrogen (secondary N) is 1. The highest BCUT2D eigenvalue weighted by atomic mass is 32.2. The van der Waals surface area contributed by atoms with E-state index in [2.05, 4.69) is 5.32 Å². The van der Waals surface area contributed by atoms with Crippen LogP contribution in [0.1, 0.15) is 35.1 Å². The number of carbonyl (C=O) groups excluding carboxylic acids is 1. The van der Waals surface area contributed by atoms with Crippen LogP contribution in [0.2, 0.25) is 0 Å². The maximum absolute atomic E-state index is 13.2. The van der Waals surface area contributed by atoms with Crippen LogP contribution in [0.4, 0.5) is 4.39 Å². The van der Waals surface area contributed by atoms with Crippen LogP contribution in [0.15, 0.2) is 41.3 Å². The van der Waals surface area contributed by atoms with Gasteiger partial charge in [-0.15, -0.1) is 0 Å². The molecule has 0 saturated carbocycles. The van der Waals surface area contributed by atoms with E-state index in [-0.39, 0.29) is 17.6 Å². The van der Waals surface area contributed by atoms with Crippen LogP contribution >= 0.6 is 0 Å². The lowest BCUT2D eigenvalue weighted by Gasteiger charge is -2.31. The summed E-state index contributed by atoms with van der Waals surface area (Å²) in [5, 5.41) is 2.92. The third kappa shape index (κ3) is 5.08. The minimum atomic E-state index is -3.57. The van der Waals surface area contributed by atoms with E-state index in [1.807, 2.05) is 32.9 Å². The van der Waals surface area contributed by atoms with Crippen LogP contribution in [-0.4, -0.2) is 38.3 Å². The second-order valence-corrected chi connectivity index (χ2v) is 9.95. The summed E-state index contributed by atoms with van der Waals surface area (Å²) in [7, 11) is -3.57. The number of sulfonamides is 1. The summed E-state index contributed by atoms with van der Waals surface area (Å²) in [6.07, 6.45) is 1.64. The fraction of sp³-hybridized carbons (Fsp3) is 0.435. The van der Waals surface area contributed by atoms with Crippen LogP contribution in [0.5, 0.6) is 0 Å². The van der Waals surface area contributed by atoms with Gasteiger partial charge in [0.25, 0.3) is 0 Å². The van der Waals surface area contributed by atoms with Gasteiger partial charge in [-0.1, -0.05) is 29.8 Å². The smallest absolute Gasteiger partial charge is 0.243 e. The van der Waals surface area contributed by atoms with Crippen LogP contribution < -0.4 is 5.32 Å². The van der Waals surface area contributed by atoms with E-state index in [9.17, 15) is 17.6 Å². The fourth-order valence-corrected chi connectivity index (χ4v) is 6.07. The molecule has 0 aliphatic carbocycles. The highest BCUT2D eigenvalue weighted by Crippen LogP contribution is 2.28. The molecule has 1 amide bonds. The molecular weight excluding hydrogens is 403 g/mol. The highest BCUT2D eigenvalue weighted by molar-refractivity contribution is 7.89. The quantitative estimate of drug-likeness (QED) is 0.760. The van der Waals surface area contributed by atoms with E-state index >= 15 is 0 Å². The molecule has 0 aromatic heterocycles. The fourth-order valence-electron chi connectivity index (χ4n) is 4.19. The van der Waals surface area contributed by atoms with Crippen molar-refractivity contribution in [3.8, 4) is 0 Å². The Balaban J connectivity index is 1.55. The Morgan fingerprint density at radius 1 is 1.07 bits per heavy atom. The molecular formula is C23H29FN2O3S. The molecule has 1 N–H and O–H groups in total. The summed E-state index contributed by atoms with van der Waals surface area (Å²) in [6, 6.07) is 10.0. The lowest BCUT2D eigenvalue weighted by molar-refractivity contribution is -0.126. The zero-order chi connectivity index (χ0) is 21.9. The molecule has 30 heavy (non-hydrogen) atoms. The van der Waals surface area contributed by atoms with E-state index in [0.29, 0.717) is 43.8 Å². The molecule has 2 aromatic rings. The molecule has 1 fully saturated rings. The summed E-state index contributed by atoms with van der Waals surface area (Å²) in [5.41, 5.74) is 3.52. The molecule has 7 heteroatoms. The molecule has 0 unspecified atom stereocenters. The molecule has 1 aliphatic heterocycles. The molecule has 1 saturated heterocycles. The van der Waals surface area contributed by atoms with E-state index in [1.165, 1.54) is 16.4 Å². The Hall–Kier alpha value is -2.25. The van der Waals surface area contributed by atoms with Gasteiger partial charge in [-0.25, -0.2) is 12.8 Å². The van der Waals surface area contributed by atoms with E-state index in [0.717, 1.165) is 22.3 Å². The van der Waals surface area contributed by atoms with Crippen molar-refractivity contribution in [1.82, 2.24) is 9.62 Å². The third-order valence-electron chi connectivity index (χ3n) is 5.65. The van der Waals surface area contributed by atoms with Crippen molar-refractivity contribution in [1.29, 1.82) is 0 Å². The van der Waals surface area contributed by atoms with Crippen LogP contribution in [0.3, 0.4) is 0 Å². The van der Waals surface area contributed by atoms with Gasteiger partial charge in [0.2, 0.25) is 15.9 Å². The molecule has 3 rings (SSSR count). The first kappa shape index (κ1) is 22.4. The van der Waals surface area contributed by atoms with E-state index in [1.54, 1.807) is 12.1 Å². The second-order valence-electron chi connectivity index (χ2n) is 8.07. The normalized spacial score (nSPS) is 15.9. The number of piperidine rings is 1. The van der Waals surface area contributed by atoms with Gasteiger partial charge >= 0.3 is 0 Å². The van der Waals surface area contributed by atoms with Crippen molar-refractivity contribution in [2.75, 3.05) is 19.6 Å². The van der Waals surface area contributed by atoms with Crippen molar-refractivity contribution in [2.45, 2.75) is 44.9 Å². The predicted octanol–water partition coefficient (Wildman–Crippen LogP) is 3.51. The van der Waals surface area contributed by atoms with Gasteiger partial charge < -0.3 is 5.32 Å². The zero-order valence-electron chi connectivity index (χ0n) is 17.7. The van der Waals surface area contributed by atoms with Gasteiger partial charge in [-0.3, -0.25) is 4.79 Å². The Bertz CT molecular complexity index is 988. The number of rotatable bonds is 6. The Kier molecular flexibility index (Phi) is 6.93. The van der Waals surface area contributed by atoms with Crippen LogP contribution in [-0.2, 0) is 21.2 Å². The van der Waals surface area contributed by atoms with Crippen molar-refractivity contribution < 1.29 is 17.6 Å². The molecule has 5 nitrogen and oxygen atoms in total. The second kappa shape index (κ2) is 9.27. The van der Waals surface area contributed by atoms with Gasteiger partial charge in [-0.05, 0) is 68.9 Å². The number of carbonyl (C=O) groups is 1. The van der Waals surface area contributed by atoms with Gasteiger partial charge in [-0.2, -0.15) is 4.31 Å². The molecule has 1 heterocycles. The van der Waals surface area contributed by atoms with Crippen molar-refractivity contribution in [3.63, 3.8) is 0 Å². The summed E-state index contributed by atoms with van der Waals surface area (Å²) in [5.74, 6) is -0.512. The first-order valence-electron chi connectivity index (χ1n) is 10.3. The van der Waals surface area contributed by atoms with Gasteiger partial charge in [0.1, 0.15) is 5.82 Å². The predicted molar refractivity (Wildman–Crippen MR) is 115 cm³/mol. The molecule has 0 bridgehead atoms. The Morgan fingerprint density at radius 2 is 1.63 bits per heavy atom. The average Bonchev–Trinajstić information content (AvgIpc) is 2.68. The molecule has 0 spiro atoms. The third-order valence-corrected chi connectivity index (χ3v) is 7.86. The molecule has 0 atom stereocenters. The van der Waals surface area contributed by atoms with Gasteiger partial charge in [0, 0.05) is 25.6 Å². The van der Waals surface area contributed by atoms with Crippen LogP contribution in [0.25, 0.3) is 0 Å². The monoisotopic (exact) mass is 432 g/mol. The molecule has 162 valence electrons. The molecule has 1 aliphatic rings. The minimum absolute atomic E-state index is 0.0446. The van der Waals surface area contributed by atoms with Crippen molar-refractivity contribution in [2.24, 2.45) is 5.92 Å². The summed E-state index contributed by atoms with van der Waals surface area (Å²) in [6.45, 7) is 6.76. The van der Waals surface area contributed by atoms with E-state index in [4.69, 9.17) is 0 Å². The average molecular weight is 433 g/mol. The number of aryl methyl sites for hydroxylation is 3. The topological polar surface area (TPSA) is 66.5 Å². The maximum Gasteiger partial charge on any atom is 0.243 e. The van der Waals surface area contributed by atoms with Gasteiger partial charge in [0.15, 0.2) is 0 Å². The molecule has 0 radical (unpaired) electrons. The maximum atomic E-state index is 13.2. The molecule has 2 aromatic carbocycles. The lowest BCUT2D eigenvalue weighted by atomic mass is 9.97. The largest absolute Gasteiger partial charge is 0.356 e. The minimum Gasteiger partial charge on any atom is -0.356 e. The Morgan fingerprint density at radius 3 is 2.20 bits per heavy atom.